The van der Waals surface area contributed by atoms with E-state index in [1.54, 1.807) is 0 Å². The van der Waals surface area contributed by atoms with Crippen LogP contribution in [0.2, 0.25) is 0 Å². The van der Waals surface area contributed by atoms with Gasteiger partial charge >= 0.3 is 0 Å². The molecule has 1 aliphatic heterocycles. The van der Waals surface area contributed by atoms with Gasteiger partial charge in [0, 0.05) is 23.0 Å². The zero-order chi connectivity index (χ0) is 14.8. The number of carbonyl (C=O) groups excluding carboxylic acids is 1. The minimum absolute atomic E-state index is 0.0935. The average molecular weight is 355 g/mol. The first-order valence-electron chi connectivity index (χ1n) is 6.73. The van der Waals surface area contributed by atoms with Gasteiger partial charge in [0.15, 0.2) is 0 Å². The first kappa shape index (κ1) is 15.4. The van der Waals surface area contributed by atoms with Crippen LogP contribution in [0, 0.1) is 5.41 Å². The molecule has 5 heteroatoms. The number of halogens is 1. The van der Waals surface area contributed by atoms with Crippen LogP contribution in [0.1, 0.15) is 25.3 Å². The smallest absolute Gasteiger partial charge is 0.226 e. The summed E-state index contributed by atoms with van der Waals surface area (Å²) in [6.45, 7) is 3.57. The molecule has 20 heavy (non-hydrogen) atoms. The first-order chi connectivity index (χ1) is 9.40. The molecule has 1 aliphatic rings. The van der Waals surface area contributed by atoms with Crippen molar-refractivity contribution in [2.75, 3.05) is 13.1 Å². The number of rotatable bonds is 3. The van der Waals surface area contributed by atoms with Crippen LogP contribution < -0.4 is 5.73 Å². The predicted octanol–water partition coefficient (Wildman–Crippen LogP) is 2.91. The molecule has 1 aromatic rings. The van der Waals surface area contributed by atoms with E-state index in [0.717, 1.165) is 36.0 Å². The molecule has 1 fully saturated rings. The number of nitrogens with two attached hydrogens (primary N) is 1. The maximum absolute atomic E-state index is 12.3. The monoisotopic (exact) mass is 354 g/mol. The van der Waals surface area contributed by atoms with Crippen molar-refractivity contribution in [3.05, 3.63) is 34.3 Å². The molecule has 1 amide bonds. The van der Waals surface area contributed by atoms with E-state index in [1.165, 1.54) is 0 Å². The molecular formula is C15H19BrN2OS. The van der Waals surface area contributed by atoms with Crippen molar-refractivity contribution < 1.29 is 4.79 Å². The van der Waals surface area contributed by atoms with E-state index >= 15 is 0 Å². The number of hydrogen-bond donors (Lipinski definition) is 1. The molecule has 3 nitrogen and oxygen atoms in total. The van der Waals surface area contributed by atoms with Crippen LogP contribution in [-0.4, -0.2) is 28.9 Å². The molecule has 108 valence electrons. The largest absolute Gasteiger partial charge is 0.393 e. The first-order valence-corrected chi connectivity index (χ1v) is 7.93. The van der Waals surface area contributed by atoms with Gasteiger partial charge in [0.1, 0.15) is 0 Å². The summed E-state index contributed by atoms with van der Waals surface area (Å²) >= 11 is 8.52. The van der Waals surface area contributed by atoms with Gasteiger partial charge in [0.2, 0.25) is 5.91 Å². The number of nitrogens with zero attached hydrogens (tertiary/aromatic N) is 1. The van der Waals surface area contributed by atoms with Crippen LogP contribution in [0.5, 0.6) is 0 Å². The summed E-state index contributed by atoms with van der Waals surface area (Å²) in [5, 5.41) is 0. The molecule has 1 aromatic carbocycles. The summed E-state index contributed by atoms with van der Waals surface area (Å²) in [4.78, 5) is 14.8. The van der Waals surface area contributed by atoms with Crippen LogP contribution in [0.15, 0.2) is 28.7 Å². The van der Waals surface area contributed by atoms with Gasteiger partial charge in [-0.2, -0.15) is 0 Å². The molecule has 0 saturated carbocycles. The molecule has 0 aliphatic carbocycles. The molecule has 2 rings (SSSR count). The Morgan fingerprint density at radius 3 is 2.40 bits per heavy atom. The van der Waals surface area contributed by atoms with Gasteiger partial charge in [-0.15, -0.1) is 0 Å². The van der Waals surface area contributed by atoms with Crippen molar-refractivity contribution in [3.8, 4) is 0 Å². The second kappa shape index (κ2) is 6.22. The zero-order valence-electron chi connectivity index (χ0n) is 11.6. The van der Waals surface area contributed by atoms with Crippen molar-refractivity contribution in [2.24, 2.45) is 11.1 Å². The molecule has 0 unspecified atom stereocenters. The van der Waals surface area contributed by atoms with Gasteiger partial charge in [0.05, 0.1) is 11.4 Å². The van der Waals surface area contributed by atoms with Crippen LogP contribution in [0.25, 0.3) is 0 Å². The van der Waals surface area contributed by atoms with Crippen LogP contribution >= 0.6 is 28.1 Å². The molecule has 1 heterocycles. The van der Waals surface area contributed by atoms with E-state index in [9.17, 15) is 4.79 Å². The van der Waals surface area contributed by atoms with Crippen LogP contribution in [0.3, 0.4) is 0 Å². The lowest BCUT2D eigenvalue weighted by molar-refractivity contribution is -0.132. The van der Waals surface area contributed by atoms with E-state index in [-0.39, 0.29) is 11.3 Å². The highest BCUT2D eigenvalue weighted by atomic mass is 79.9. The fourth-order valence-corrected chi connectivity index (χ4v) is 2.85. The number of hydrogen-bond acceptors (Lipinski definition) is 2. The Labute approximate surface area is 133 Å². The molecule has 0 atom stereocenters. The Kier molecular flexibility index (Phi) is 4.81. The summed E-state index contributed by atoms with van der Waals surface area (Å²) in [5.74, 6) is 0.178. The Balaban J connectivity index is 1.92. The minimum atomic E-state index is -0.0935. The molecule has 1 saturated heterocycles. The summed E-state index contributed by atoms with van der Waals surface area (Å²) in [7, 11) is 0. The highest BCUT2D eigenvalue weighted by Gasteiger charge is 2.33. The van der Waals surface area contributed by atoms with Gasteiger partial charge in [-0.1, -0.05) is 47.2 Å². The maximum atomic E-state index is 12.3. The Bertz CT molecular complexity index is 507. The number of carbonyl (C=O) groups is 1. The quantitative estimate of drug-likeness (QED) is 0.848. The Hall–Kier alpha value is -0.940. The third-order valence-corrected chi connectivity index (χ3v) is 5.10. The third-order valence-electron chi connectivity index (χ3n) is 4.08. The fourth-order valence-electron chi connectivity index (χ4n) is 2.38. The number of thiocarbonyl (C=S) groups is 1. The van der Waals surface area contributed by atoms with E-state index in [2.05, 4.69) is 22.9 Å². The van der Waals surface area contributed by atoms with Gasteiger partial charge in [-0.05, 0) is 30.5 Å². The molecule has 0 spiro atoms. The zero-order valence-corrected chi connectivity index (χ0v) is 14.0. The van der Waals surface area contributed by atoms with Gasteiger partial charge < -0.3 is 10.6 Å². The highest BCUT2D eigenvalue weighted by molar-refractivity contribution is 9.10. The Morgan fingerprint density at radius 2 is 1.90 bits per heavy atom. The summed E-state index contributed by atoms with van der Waals surface area (Å²) in [6, 6.07) is 7.88. The lowest BCUT2D eigenvalue weighted by Gasteiger charge is -2.38. The number of likely N-dealkylation sites (tertiary alicyclic amines) is 1. The molecule has 0 bridgehead atoms. The van der Waals surface area contributed by atoms with Crippen molar-refractivity contribution in [1.29, 1.82) is 0 Å². The van der Waals surface area contributed by atoms with Crippen molar-refractivity contribution in [3.63, 3.8) is 0 Å². The van der Waals surface area contributed by atoms with E-state index < -0.39 is 0 Å². The normalized spacial score (nSPS) is 17.8. The number of amides is 1. The van der Waals surface area contributed by atoms with E-state index in [1.807, 2.05) is 29.2 Å². The predicted molar refractivity (Wildman–Crippen MR) is 88.6 cm³/mol. The van der Waals surface area contributed by atoms with E-state index in [0.29, 0.717) is 11.4 Å². The molecule has 2 N–H and O–H groups in total. The van der Waals surface area contributed by atoms with Crippen LogP contribution in [0.4, 0.5) is 0 Å². The molecule has 0 aromatic heterocycles. The number of benzene rings is 1. The van der Waals surface area contributed by atoms with Crippen molar-refractivity contribution >= 4 is 39.0 Å². The summed E-state index contributed by atoms with van der Waals surface area (Å²) in [5.41, 5.74) is 6.73. The molecular weight excluding hydrogens is 336 g/mol. The second-order valence-corrected chi connectivity index (χ2v) is 6.96. The topological polar surface area (TPSA) is 46.3 Å². The van der Waals surface area contributed by atoms with Gasteiger partial charge in [-0.25, -0.2) is 0 Å². The van der Waals surface area contributed by atoms with E-state index in [4.69, 9.17) is 18.0 Å². The van der Waals surface area contributed by atoms with Crippen LogP contribution in [-0.2, 0) is 11.2 Å². The second-order valence-electron chi connectivity index (χ2n) is 5.61. The average Bonchev–Trinajstić information content (AvgIpc) is 2.42. The lowest BCUT2D eigenvalue weighted by atomic mass is 9.80. The fraction of sp³-hybridized carbons (Fsp3) is 0.467. The summed E-state index contributed by atoms with van der Waals surface area (Å²) in [6.07, 6.45) is 2.17. The summed E-state index contributed by atoms with van der Waals surface area (Å²) < 4.78 is 1.03. The number of piperidine rings is 1. The Morgan fingerprint density at radius 1 is 1.35 bits per heavy atom. The SMILES string of the molecule is CC1(C(N)=S)CCN(C(=O)Cc2ccc(Br)cc2)CC1. The maximum Gasteiger partial charge on any atom is 0.226 e. The van der Waals surface area contributed by atoms with Gasteiger partial charge in [-0.3, -0.25) is 4.79 Å². The highest BCUT2D eigenvalue weighted by Crippen LogP contribution is 2.31. The standard InChI is InChI=1S/C15H19BrN2OS/c1-15(14(17)20)6-8-18(9-7-15)13(19)10-11-2-4-12(16)5-3-11/h2-5H,6-10H2,1H3,(H2,17,20). The lowest BCUT2D eigenvalue weighted by Crippen LogP contribution is -2.47. The van der Waals surface area contributed by atoms with Crippen molar-refractivity contribution in [1.82, 2.24) is 4.90 Å². The minimum Gasteiger partial charge on any atom is -0.393 e. The van der Waals surface area contributed by atoms with Gasteiger partial charge in [0.25, 0.3) is 0 Å². The van der Waals surface area contributed by atoms with Crippen molar-refractivity contribution in [2.45, 2.75) is 26.2 Å². The third kappa shape index (κ3) is 3.58. The molecule has 0 radical (unpaired) electrons.